The molecule has 0 saturated heterocycles. The molecule has 0 saturated carbocycles. The topological polar surface area (TPSA) is 86.7 Å². The van der Waals surface area contributed by atoms with E-state index >= 15 is 0 Å². The molecule has 0 unspecified atom stereocenters. The molecule has 6 heteroatoms. The molecule has 0 rings (SSSR count). The molecule has 0 radical (unpaired) electrons. The van der Waals surface area contributed by atoms with Crippen LogP contribution in [0.2, 0.25) is 0 Å². The second kappa shape index (κ2) is 24.3. The quantitative estimate of drug-likeness (QED) is 0.740. The van der Waals surface area contributed by atoms with Crippen LogP contribution in [0.3, 0.4) is 0 Å². The number of methoxy groups -OCH3 is 2. The summed E-state index contributed by atoms with van der Waals surface area (Å²) in [7, 11) is 2.73. The van der Waals surface area contributed by atoms with Gasteiger partial charge >= 0.3 is 11.9 Å². The van der Waals surface area contributed by atoms with Gasteiger partial charge in [-0.15, -0.1) is 0 Å². The van der Waals surface area contributed by atoms with Crippen LogP contribution in [0.5, 0.6) is 0 Å². The zero-order valence-electron chi connectivity index (χ0n) is 15.3. The van der Waals surface area contributed by atoms with E-state index in [1.54, 1.807) is 13.8 Å². The SMILES string of the molecule is CCC(=O)CC.CCC(=O)OC.CCC(C)=O.COC(C)=O. The van der Waals surface area contributed by atoms with Gasteiger partial charge in [0.2, 0.25) is 0 Å². The highest BCUT2D eigenvalue weighted by Gasteiger charge is 1.87. The van der Waals surface area contributed by atoms with Gasteiger partial charge in [0.1, 0.15) is 11.6 Å². The van der Waals surface area contributed by atoms with Crippen molar-refractivity contribution in [3.8, 4) is 0 Å². The lowest BCUT2D eigenvalue weighted by Crippen LogP contribution is -1.94. The van der Waals surface area contributed by atoms with Gasteiger partial charge in [0, 0.05) is 32.6 Å². The van der Waals surface area contributed by atoms with Crippen LogP contribution in [0.4, 0.5) is 0 Å². The first-order valence-electron chi connectivity index (χ1n) is 7.28. The Bertz CT molecular complexity index is 255. The molecule has 0 aromatic carbocycles. The van der Waals surface area contributed by atoms with Crippen molar-refractivity contribution in [2.24, 2.45) is 0 Å². The molecule has 0 aromatic heterocycles. The smallest absolute Gasteiger partial charge is 0.305 e. The minimum Gasteiger partial charge on any atom is -0.469 e. The summed E-state index contributed by atoms with van der Waals surface area (Å²) in [6, 6.07) is 0. The van der Waals surface area contributed by atoms with Gasteiger partial charge in [0.05, 0.1) is 14.2 Å². The summed E-state index contributed by atoms with van der Waals surface area (Å²) in [6.07, 6.45) is 2.52. The number of hydrogen-bond donors (Lipinski definition) is 0. The predicted octanol–water partition coefficient (Wildman–Crippen LogP) is 3.11. The lowest BCUT2D eigenvalue weighted by atomic mass is 10.3. The van der Waals surface area contributed by atoms with Crippen LogP contribution in [0, 0.1) is 0 Å². The molecule has 0 fully saturated rings. The number of ether oxygens (including phenoxy) is 2. The predicted molar refractivity (Wildman–Crippen MR) is 86.6 cm³/mol. The Labute approximate surface area is 134 Å². The highest BCUT2D eigenvalue weighted by atomic mass is 16.5. The van der Waals surface area contributed by atoms with Crippen LogP contribution in [-0.4, -0.2) is 37.7 Å². The lowest BCUT2D eigenvalue weighted by molar-refractivity contribution is -0.140. The van der Waals surface area contributed by atoms with E-state index in [0.29, 0.717) is 31.5 Å². The zero-order chi connectivity index (χ0) is 18.6. The largest absolute Gasteiger partial charge is 0.469 e. The Balaban J connectivity index is -0.0000000986. The summed E-state index contributed by atoms with van der Waals surface area (Å²) in [6.45, 7) is 10.3. The van der Waals surface area contributed by atoms with Gasteiger partial charge in [0.25, 0.3) is 0 Å². The van der Waals surface area contributed by atoms with Crippen LogP contribution in [0.15, 0.2) is 0 Å². The summed E-state index contributed by atoms with van der Waals surface area (Å²) < 4.78 is 8.37. The number of rotatable bonds is 4. The van der Waals surface area contributed by atoms with Crippen molar-refractivity contribution >= 4 is 23.5 Å². The molecule has 0 aromatic rings. The highest BCUT2D eigenvalue weighted by molar-refractivity contribution is 5.77. The summed E-state index contributed by atoms with van der Waals surface area (Å²) >= 11 is 0. The molecule has 22 heavy (non-hydrogen) atoms. The molecule has 0 N–H and O–H groups in total. The molecule has 0 aliphatic heterocycles. The molecule has 6 nitrogen and oxygen atoms in total. The fourth-order valence-corrected chi connectivity index (χ4v) is 0.394. The van der Waals surface area contributed by atoms with Crippen molar-refractivity contribution in [3.05, 3.63) is 0 Å². The molecule has 0 atom stereocenters. The van der Waals surface area contributed by atoms with Crippen LogP contribution < -0.4 is 0 Å². The van der Waals surface area contributed by atoms with Crippen LogP contribution in [0.1, 0.15) is 67.2 Å². The van der Waals surface area contributed by atoms with Crippen molar-refractivity contribution in [3.63, 3.8) is 0 Å². The Morgan fingerprint density at radius 3 is 1.00 bits per heavy atom. The number of carbonyl (C=O) groups is 4. The lowest BCUT2D eigenvalue weighted by Gasteiger charge is -1.87. The highest BCUT2D eigenvalue weighted by Crippen LogP contribution is 1.83. The average Bonchev–Trinajstić information content (AvgIpc) is 2.54. The number of Topliss-reactive ketones (excluding diaryl/α,β-unsaturated/α-hetero) is 2. The number of esters is 2. The van der Waals surface area contributed by atoms with Gasteiger partial charge in [0.15, 0.2) is 0 Å². The van der Waals surface area contributed by atoms with E-state index in [9.17, 15) is 19.2 Å². The van der Waals surface area contributed by atoms with E-state index in [1.165, 1.54) is 21.1 Å². The van der Waals surface area contributed by atoms with Gasteiger partial charge < -0.3 is 14.3 Å². The van der Waals surface area contributed by atoms with Crippen LogP contribution in [0.25, 0.3) is 0 Å². The summed E-state index contributed by atoms with van der Waals surface area (Å²) in [5.41, 5.74) is 0. The van der Waals surface area contributed by atoms with E-state index in [-0.39, 0.29) is 17.7 Å². The van der Waals surface area contributed by atoms with Crippen LogP contribution in [-0.2, 0) is 28.7 Å². The molecule has 0 aliphatic rings. The Morgan fingerprint density at radius 1 is 0.682 bits per heavy atom. The molecule has 0 heterocycles. The third-order valence-corrected chi connectivity index (χ3v) is 2.09. The van der Waals surface area contributed by atoms with Gasteiger partial charge in [-0.2, -0.15) is 0 Å². The van der Waals surface area contributed by atoms with E-state index in [2.05, 4.69) is 9.47 Å². The van der Waals surface area contributed by atoms with Gasteiger partial charge in [-0.05, 0) is 6.92 Å². The van der Waals surface area contributed by atoms with Crippen molar-refractivity contribution in [2.45, 2.75) is 67.2 Å². The van der Waals surface area contributed by atoms with Gasteiger partial charge in [-0.25, -0.2) is 0 Å². The Morgan fingerprint density at radius 2 is 1.00 bits per heavy atom. The Hall–Kier alpha value is -1.72. The average molecular weight is 320 g/mol. The first kappa shape index (κ1) is 28.4. The fourth-order valence-electron chi connectivity index (χ4n) is 0.394. The fraction of sp³-hybridized carbons (Fsp3) is 0.750. The summed E-state index contributed by atoms with van der Waals surface area (Å²) in [5, 5.41) is 0. The second-order valence-corrected chi connectivity index (χ2v) is 3.93. The van der Waals surface area contributed by atoms with Crippen molar-refractivity contribution in [1.82, 2.24) is 0 Å². The molecule has 0 amide bonds. The number of hydrogen-bond acceptors (Lipinski definition) is 6. The zero-order valence-corrected chi connectivity index (χ0v) is 15.3. The molecule has 0 aliphatic carbocycles. The standard InChI is InChI=1S/C5H10O.C4H8O2.C4H8O.C3H6O2/c1-3-5(6)4-2;1-3-4(5)6-2;1-3-4(2)5;1-3(4)5-2/h3-4H2,1-2H3;3H2,1-2H3;3H2,1-2H3;1-2H3. The van der Waals surface area contributed by atoms with E-state index in [0.717, 1.165) is 0 Å². The third-order valence-electron chi connectivity index (χ3n) is 2.09. The first-order chi connectivity index (χ1) is 10.2. The first-order valence-corrected chi connectivity index (χ1v) is 7.28. The molecule has 0 spiro atoms. The Kier molecular flexibility index (Phi) is 31.4. The number of ketones is 2. The maximum Gasteiger partial charge on any atom is 0.305 e. The van der Waals surface area contributed by atoms with E-state index in [1.807, 2.05) is 20.8 Å². The van der Waals surface area contributed by atoms with Crippen LogP contribution >= 0.6 is 0 Å². The second-order valence-electron chi connectivity index (χ2n) is 3.93. The molecular weight excluding hydrogens is 288 g/mol. The molecule has 0 bridgehead atoms. The monoisotopic (exact) mass is 320 g/mol. The normalized spacial score (nSPS) is 7.64. The van der Waals surface area contributed by atoms with Gasteiger partial charge in [-0.3, -0.25) is 14.4 Å². The maximum absolute atomic E-state index is 10.2. The van der Waals surface area contributed by atoms with E-state index < -0.39 is 0 Å². The third kappa shape index (κ3) is 51.7. The van der Waals surface area contributed by atoms with Crippen molar-refractivity contribution < 1.29 is 28.7 Å². The minimum atomic E-state index is -0.245. The summed E-state index contributed by atoms with van der Waals surface area (Å²) in [5.74, 6) is 0.194. The van der Waals surface area contributed by atoms with E-state index in [4.69, 9.17) is 0 Å². The van der Waals surface area contributed by atoms with Crippen molar-refractivity contribution in [2.75, 3.05) is 14.2 Å². The molecule has 132 valence electrons. The molecular formula is C16H32O6. The summed E-state index contributed by atoms with van der Waals surface area (Å²) in [4.78, 5) is 39.5. The van der Waals surface area contributed by atoms with Crippen molar-refractivity contribution in [1.29, 1.82) is 0 Å². The maximum atomic E-state index is 10.2. The minimum absolute atomic E-state index is 0.157. The number of carbonyl (C=O) groups excluding carboxylic acids is 4. The van der Waals surface area contributed by atoms with Gasteiger partial charge in [-0.1, -0.05) is 27.7 Å².